The number of halogens is 9. The number of nitrogens with zero attached hydrogens (tertiary/aromatic N) is 1. The molecule has 196 valence electrons. The van der Waals surface area contributed by atoms with Gasteiger partial charge in [-0.15, -0.1) is 18.1 Å². The first kappa shape index (κ1) is 28.6. The Morgan fingerprint density at radius 3 is 2.09 bits per heavy atom. The maximum atomic E-state index is 12.6. The Morgan fingerprint density at radius 1 is 0.829 bits per heavy atom. The number of hydrogen-bond donors (Lipinski definition) is 0. The predicted octanol–water partition coefficient (Wildman–Crippen LogP) is 6.84. The van der Waals surface area contributed by atoms with Crippen LogP contribution in [0.4, 0.5) is 39.5 Å². The lowest BCUT2D eigenvalue weighted by Crippen LogP contribution is -2.48. The number of hydrogen-bond acceptors (Lipinski definition) is 4. The van der Waals surface area contributed by atoms with E-state index in [1.54, 1.807) is 30.3 Å². The molecule has 2 aromatic carbocycles. The average molecular weight is 519 g/mol. The molecule has 1 atom stereocenters. The van der Waals surface area contributed by atoms with Gasteiger partial charge in [0.2, 0.25) is 0 Å². The first-order valence-electron chi connectivity index (χ1n) is 10.2. The fourth-order valence-corrected chi connectivity index (χ4v) is 3.18. The number of para-hydroxylation sites is 1. The SMILES string of the molecule is COC(CCCN(C(F)(F)F)C(F)(F)F)Oc1ccccc1CCc1cccc(OC(F)(F)F)c1. The topological polar surface area (TPSA) is 30.9 Å². The van der Waals surface area contributed by atoms with Gasteiger partial charge < -0.3 is 14.2 Å². The summed E-state index contributed by atoms with van der Waals surface area (Å²) >= 11 is 0. The van der Waals surface area contributed by atoms with Crippen molar-refractivity contribution in [3.05, 3.63) is 59.7 Å². The van der Waals surface area contributed by atoms with Crippen LogP contribution in [0.15, 0.2) is 48.5 Å². The standard InChI is InChI=1S/C22H22F9NO3/c1-33-19(10-5-13-32(20(23,24)25)21(26,27)28)34-18-9-3-2-7-16(18)12-11-15-6-4-8-17(14-15)35-22(29,30)31/h2-4,6-9,14,19H,5,10-13H2,1H3. The van der Waals surface area contributed by atoms with Crippen LogP contribution >= 0.6 is 0 Å². The molecule has 0 saturated carbocycles. The molecule has 0 heterocycles. The van der Waals surface area contributed by atoms with Gasteiger partial charge in [-0.25, -0.2) is 0 Å². The van der Waals surface area contributed by atoms with Crippen LogP contribution in [0.3, 0.4) is 0 Å². The van der Waals surface area contributed by atoms with E-state index in [0.29, 0.717) is 24.0 Å². The van der Waals surface area contributed by atoms with Gasteiger partial charge in [-0.2, -0.15) is 26.3 Å². The second kappa shape index (κ2) is 11.8. The molecule has 13 heteroatoms. The van der Waals surface area contributed by atoms with Crippen molar-refractivity contribution in [2.75, 3.05) is 13.7 Å². The average Bonchev–Trinajstić information content (AvgIpc) is 2.72. The molecule has 0 aliphatic rings. The molecule has 0 spiro atoms. The molecule has 2 rings (SSSR count). The van der Waals surface area contributed by atoms with Gasteiger partial charge in [-0.3, -0.25) is 0 Å². The van der Waals surface area contributed by atoms with Gasteiger partial charge in [-0.05, 0) is 48.6 Å². The lowest BCUT2D eigenvalue weighted by molar-refractivity contribution is -0.373. The first-order chi connectivity index (χ1) is 16.2. The Balaban J connectivity index is 2.00. The molecule has 0 radical (unpaired) electrons. The van der Waals surface area contributed by atoms with Crippen LogP contribution in [0.2, 0.25) is 0 Å². The minimum Gasteiger partial charge on any atom is -0.465 e. The minimum atomic E-state index is -5.57. The highest BCUT2D eigenvalue weighted by Gasteiger charge is 2.53. The van der Waals surface area contributed by atoms with E-state index >= 15 is 0 Å². The van der Waals surface area contributed by atoms with Gasteiger partial charge in [0, 0.05) is 20.1 Å². The summed E-state index contributed by atoms with van der Waals surface area (Å²) in [5.74, 6) is -0.0868. The zero-order valence-electron chi connectivity index (χ0n) is 18.3. The quantitative estimate of drug-likeness (QED) is 0.185. The molecule has 35 heavy (non-hydrogen) atoms. The van der Waals surface area contributed by atoms with Crippen LogP contribution in [0.1, 0.15) is 24.0 Å². The Hall–Kier alpha value is -2.67. The van der Waals surface area contributed by atoms with Crippen molar-refractivity contribution in [3.63, 3.8) is 0 Å². The van der Waals surface area contributed by atoms with Crippen molar-refractivity contribution in [1.82, 2.24) is 4.90 Å². The van der Waals surface area contributed by atoms with Gasteiger partial charge in [0.25, 0.3) is 0 Å². The molecular weight excluding hydrogens is 497 g/mol. The van der Waals surface area contributed by atoms with E-state index < -0.39 is 43.1 Å². The predicted molar refractivity (Wildman–Crippen MR) is 106 cm³/mol. The summed E-state index contributed by atoms with van der Waals surface area (Å²) in [5, 5.41) is 0. The van der Waals surface area contributed by atoms with E-state index in [0.717, 1.165) is 6.07 Å². The summed E-state index contributed by atoms with van der Waals surface area (Å²) in [7, 11) is 1.20. The fraction of sp³-hybridized carbons (Fsp3) is 0.455. The van der Waals surface area contributed by atoms with E-state index in [4.69, 9.17) is 9.47 Å². The lowest BCUT2D eigenvalue weighted by atomic mass is 10.0. The Bertz CT molecular complexity index is 915. The van der Waals surface area contributed by atoms with Crippen molar-refractivity contribution in [2.24, 2.45) is 0 Å². The molecule has 0 amide bonds. The smallest absolute Gasteiger partial charge is 0.465 e. The van der Waals surface area contributed by atoms with Gasteiger partial charge in [-0.1, -0.05) is 30.3 Å². The van der Waals surface area contributed by atoms with Gasteiger partial charge >= 0.3 is 19.0 Å². The van der Waals surface area contributed by atoms with Crippen molar-refractivity contribution >= 4 is 0 Å². The third-order valence-corrected chi connectivity index (χ3v) is 4.74. The molecule has 2 aromatic rings. The highest BCUT2D eigenvalue weighted by molar-refractivity contribution is 5.35. The molecule has 0 aliphatic carbocycles. The van der Waals surface area contributed by atoms with Crippen molar-refractivity contribution in [2.45, 2.75) is 50.9 Å². The Morgan fingerprint density at radius 2 is 1.49 bits per heavy atom. The summed E-state index contributed by atoms with van der Waals surface area (Å²) in [6.45, 7) is -1.33. The third kappa shape index (κ3) is 9.84. The van der Waals surface area contributed by atoms with Crippen LogP contribution in [-0.2, 0) is 17.6 Å². The highest BCUT2D eigenvalue weighted by atomic mass is 19.4. The summed E-state index contributed by atoms with van der Waals surface area (Å²) in [5.41, 5.74) is 1.16. The number of benzene rings is 2. The summed E-state index contributed by atoms with van der Waals surface area (Å²) in [4.78, 5) is -1.52. The van der Waals surface area contributed by atoms with Crippen LogP contribution in [-0.4, -0.2) is 43.8 Å². The van der Waals surface area contributed by atoms with Crippen LogP contribution < -0.4 is 9.47 Å². The first-order valence-corrected chi connectivity index (χ1v) is 10.2. The van der Waals surface area contributed by atoms with E-state index in [2.05, 4.69) is 4.74 Å². The molecule has 0 bridgehead atoms. The maximum Gasteiger partial charge on any atom is 0.573 e. The number of alkyl halides is 9. The summed E-state index contributed by atoms with van der Waals surface area (Å²) in [6, 6.07) is 11.9. The van der Waals surface area contributed by atoms with Crippen LogP contribution in [0.5, 0.6) is 11.5 Å². The Labute approximate surface area is 195 Å². The second-order valence-corrected chi connectivity index (χ2v) is 7.32. The van der Waals surface area contributed by atoms with Gasteiger partial charge in [0.05, 0.1) is 0 Å². The number of rotatable bonds is 11. The van der Waals surface area contributed by atoms with E-state index in [9.17, 15) is 39.5 Å². The van der Waals surface area contributed by atoms with Crippen LogP contribution in [0, 0.1) is 0 Å². The highest BCUT2D eigenvalue weighted by Crippen LogP contribution is 2.34. The largest absolute Gasteiger partial charge is 0.573 e. The van der Waals surface area contributed by atoms with Gasteiger partial charge in [0.1, 0.15) is 11.5 Å². The zero-order chi connectivity index (χ0) is 26.3. The van der Waals surface area contributed by atoms with E-state index in [1.165, 1.54) is 19.2 Å². The lowest BCUT2D eigenvalue weighted by Gasteiger charge is -2.27. The van der Waals surface area contributed by atoms with E-state index in [1.807, 2.05) is 0 Å². The van der Waals surface area contributed by atoms with Crippen molar-refractivity contribution in [1.29, 1.82) is 0 Å². The minimum absolute atomic E-state index is 0.260. The molecular formula is C22H22F9NO3. The normalized spacial score (nSPS) is 13.7. The molecule has 1 unspecified atom stereocenters. The van der Waals surface area contributed by atoms with Crippen molar-refractivity contribution < 1.29 is 53.7 Å². The molecule has 0 N–H and O–H groups in total. The van der Waals surface area contributed by atoms with Crippen molar-refractivity contribution in [3.8, 4) is 11.5 Å². The molecule has 0 fully saturated rings. The Kier molecular flexibility index (Phi) is 9.67. The van der Waals surface area contributed by atoms with Crippen LogP contribution in [0.25, 0.3) is 0 Å². The maximum absolute atomic E-state index is 12.6. The fourth-order valence-electron chi connectivity index (χ4n) is 3.18. The zero-order valence-corrected chi connectivity index (χ0v) is 18.3. The third-order valence-electron chi connectivity index (χ3n) is 4.74. The van der Waals surface area contributed by atoms with E-state index in [-0.39, 0.29) is 17.9 Å². The molecule has 0 saturated heterocycles. The molecule has 0 aromatic heterocycles. The monoisotopic (exact) mass is 519 g/mol. The summed E-state index contributed by atoms with van der Waals surface area (Å²) < 4.78 is 128. The number of ether oxygens (including phenoxy) is 3. The molecule has 0 aliphatic heterocycles. The number of aryl methyl sites for hydroxylation is 2. The summed E-state index contributed by atoms with van der Waals surface area (Å²) in [6.07, 6.45) is -17.3. The van der Waals surface area contributed by atoms with Gasteiger partial charge in [0.15, 0.2) is 6.29 Å². The molecule has 4 nitrogen and oxygen atoms in total. The number of methoxy groups -OCH3 is 1. The second-order valence-electron chi connectivity index (χ2n) is 7.32.